The molecule has 1 unspecified atom stereocenters. The fourth-order valence-corrected chi connectivity index (χ4v) is 4.37. The molecule has 1 atom stereocenters. The molecule has 2 aliphatic heterocycles. The Morgan fingerprint density at radius 1 is 1.19 bits per heavy atom. The zero-order valence-corrected chi connectivity index (χ0v) is 18.6. The minimum Gasteiger partial charge on any atom is -0.477 e. The van der Waals surface area contributed by atoms with E-state index in [1.807, 2.05) is 55.9 Å². The molecule has 1 N–H and O–H groups in total. The number of amides is 2. The molecule has 8 heteroatoms. The van der Waals surface area contributed by atoms with Crippen LogP contribution in [0.1, 0.15) is 39.8 Å². The number of nitrogens with one attached hydrogen (secondary N) is 1. The maximum Gasteiger partial charge on any atom is 0.269 e. The van der Waals surface area contributed by atoms with Crippen molar-refractivity contribution in [1.82, 2.24) is 20.1 Å². The fourth-order valence-electron chi connectivity index (χ4n) is 4.37. The van der Waals surface area contributed by atoms with E-state index in [0.717, 1.165) is 34.5 Å². The second kappa shape index (κ2) is 7.47. The third-order valence-corrected chi connectivity index (χ3v) is 6.32. The van der Waals surface area contributed by atoms with Crippen molar-refractivity contribution in [2.24, 2.45) is 7.05 Å². The number of anilines is 1. The lowest BCUT2D eigenvalue weighted by atomic mass is 9.96. The Bertz CT molecular complexity index is 1260. The zero-order valence-electron chi connectivity index (χ0n) is 18.6. The van der Waals surface area contributed by atoms with Crippen LogP contribution in [-0.2, 0) is 24.8 Å². The maximum absolute atomic E-state index is 13.1. The number of pyridine rings is 1. The minimum atomic E-state index is -0.597. The van der Waals surface area contributed by atoms with Crippen molar-refractivity contribution < 1.29 is 14.3 Å². The van der Waals surface area contributed by atoms with E-state index in [4.69, 9.17) is 9.72 Å². The van der Waals surface area contributed by atoms with Crippen LogP contribution in [0.3, 0.4) is 0 Å². The Kier molecular flexibility index (Phi) is 4.73. The first-order valence-electron chi connectivity index (χ1n) is 10.7. The highest BCUT2D eigenvalue weighted by Gasteiger charge is 2.34. The van der Waals surface area contributed by atoms with Crippen LogP contribution in [0.25, 0.3) is 11.3 Å². The number of benzene rings is 1. The number of carbonyl (C=O) groups is 2. The third kappa shape index (κ3) is 3.23. The largest absolute Gasteiger partial charge is 0.477 e. The average molecular weight is 431 g/mol. The molecule has 8 nitrogen and oxygen atoms in total. The molecular weight excluding hydrogens is 406 g/mol. The van der Waals surface area contributed by atoms with Crippen LogP contribution in [-0.4, -0.2) is 39.2 Å². The van der Waals surface area contributed by atoms with Gasteiger partial charge in [0.05, 0.1) is 17.9 Å². The molecule has 0 saturated carbocycles. The van der Waals surface area contributed by atoms with Gasteiger partial charge >= 0.3 is 0 Å². The normalized spacial score (nSPS) is 17.5. The average Bonchev–Trinajstić information content (AvgIpc) is 3.02. The Hall–Kier alpha value is -3.68. The van der Waals surface area contributed by atoms with E-state index in [0.29, 0.717) is 35.9 Å². The zero-order chi connectivity index (χ0) is 22.6. The van der Waals surface area contributed by atoms with Crippen LogP contribution in [0.15, 0.2) is 30.3 Å². The van der Waals surface area contributed by atoms with E-state index in [9.17, 15) is 9.59 Å². The molecule has 0 bridgehead atoms. The van der Waals surface area contributed by atoms with Crippen LogP contribution in [0, 0.1) is 13.8 Å². The molecule has 164 valence electrons. The minimum absolute atomic E-state index is 0.0671. The number of aromatic nitrogens is 3. The molecule has 32 heavy (non-hydrogen) atoms. The van der Waals surface area contributed by atoms with Crippen LogP contribution < -0.4 is 15.0 Å². The lowest BCUT2D eigenvalue weighted by Crippen LogP contribution is -2.44. The molecule has 4 heterocycles. The highest BCUT2D eigenvalue weighted by Crippen LogP contribution is 2.36. The molecule has 3 aromatic rings. The van der Waals surface area contributed by atoms with Crippen molar-refractivity contribution >= 4 is 17.6 Å². The lowest BCUT2D eigenvalue weighted by molar-refractivity contribution is -0.125. The monoisotopic (exact) mass is 431 g/mol. The van der Waals surface area contributed by atoms with Crippen LogP contribution >= 0.6 is 0 Å². The number of hydrogen-bond acceptors (Lipinski definition) is 5. The third-order valence-electron chi connectivity index (χ3n) is 6.32. The summed E-state index contributed by atoms with van der Waals surface area (Å²) in [7, 11) is 1.89. The summed E-state index contributed by atoms with van der Waals surface area (Å²) in [5.41, 5.74) is 6.10. The highest BCUT2D eigenvalue weighted by atomic mass is 16.5. The SMILES string of the molecule is Cc1nn(C)c(C)c1CN1C(=O)C(C)Oc2ccc(-c3ccc4c(c3)C(=O)NCC4)nc21. The van der Waals surface area contributed by atoms with Crippen LogP contribution in [0.4, 0.5) is 5.82 Å². The first kappa shape index (κ1) is 20.2. The van der Waals surface area contributed by atoms with Gasteiger partial charge < -0.3 is 10.1 Å². The molecule has 0 radical (unpaired) electrons. The summed E-state index contributed by atoms with van der Waals surface area (Å²) in [4.78, 5) is 31.9. The maximum atomic E-state index is 13.1. The van der Waals surface area contributed by atoms with Crippen molar-refractivity contribution in [3.8, 4) is 17.0 Å². The summed E-state index contributed by atoms with van der Waals surface area (Å²) < 4.78 is 7.66. The van der Waals surface area contributed by atoms with Crippen molar-refractivity contribution in [2.45, 2.75) is 39.8 Å². The lowest BCUT2D eigenvalue weighted by Gasteiger charge is -2.32. The molecule has 2 aromatic heterocycles. The van der Waals surface area contributed by atoms with Gasteiger partial charge in [0.2, 0.25) is 0 Å². The van der Waals surface area contributed by atoms with Crippen molar-refractivity contribution in [2.75, 3.05) is 11.4 Å². The molecule has 0 spiro atoms. The molecule has 0 saturated heterocycles. The molecule has 0 aliphatic carbocycles. The predicted octanol–water partition coefficient (Wildman–Crippen LogP) is 2.70. The number of nitrogens with zero attached hydrogens (tertiary/aromatic N) is 4. The van der Waals surface area contributed by atoms with E-state index in [1.165, 1.54) is 0 Å². The Labute approximate surface area is 186 Å². The topological polar surface area (TPSA) is 89.4 Å². The summed E-state index contributed by atoms with van der Waals surface area (Å²) in [6.07, 6.45) is 0.219. The van der Waals surface area contributed by atoms with E-state index < -0.39 is 6.10 Å². The summed E-state index contributed by atoms with van der Waals surface area (Å²) >= 11 is 0. The molecule has 2 amide bonds. The van der Waals surface area contributed by atoms with E-state index in [-0.39, 0.29) is 11.8 Å². The standard InChI is InChI=1S/C24H25N5O3/c1-13-19(14(2)28(4)27-13)12-29-22-21(32-15(3)24(29)31)8-7-20(26-22)17-6-5-16-9-10-25-23(30)18(16)11-17/h5-8,11,15H,9-10,12H2,1-4H3,(H,25,30). The van der Waals surface area contributed by atoms with Crippen molar-refractivity contribution in [3.05, 3.63) is 58.4 Å². The van der Waals surface area contributed by atoms with Crippen molar-refractivity contribution in [3.63, 3.8) is 0 Å². The van der Waals surface area contributed by atoms with Gasteiger partial charge in [-0.25, -0.2) is 4.98 Å². The number of fused-ring (bicyclic) bond motifs is 2. The van der Waals surface area contributed by atoms with E-state index in [2.05, 4.69) is 10.4 Å². The number of rotatable bonds is 3. The second-order valence-electron chi connectivity index (χ2n) is 8.35. The van der Waals surface area contributed by atoms with Gasteiger partial charge in [0.25, 0.3) is 11.8 Å². The summed E-state index contributed by atoms with van der Waals surface area (Å²) in [5, 5.41) is 7.36. The van der Waals surface area contributed by atoms with Gasteiger partial charge in [0.15, 0.2) is 17.7 Å². The van der Waals surface area contributed by atoms with Gasteiger partial charge in [0, 0.05) is 36.0 Å². The summed E-state index contributed by atoms with van der Waals surface area (Å²) in [5.74, 6) is 0.836. The van der Waals surface area contributed by atoms with Crippen LogP contribution in [0.2, 0.25) is 0 Å². The molecule has 5 rings (SSSR count). The predicted molar refractivity (Wildman–Crippen MR) is 120 cm³/mol. The van der Waals surface area contributed by atoms with Gasteiger partial charge in [0.1, 0.15) is 0 Å². The first-order valence-corrected chi connectivity index (χ1v) is 10.7. The quantitative estimate of drug-likeness (QED) is 0.689. The molecular formula is C24H25N5O3. The van der Waals surface area contributed by atoms with Gasteiger partial charge in [-0.1, -0.05) is 12.1 Å². The summed E-state index contributed by atoms with van der Waals surface area (Å²) in [6.45, 7) is 6.71. The van der Waals surface area contributed by atoms with E-state index >= 15 is 0 Å². The Morgan fingerprint density at radius 2 is 2.00 bits per heavy atom. The number of carbonyl (C=O) groups excluding carboxylic acids is 2. The number of ether oxygens (including phenoxy) is 1. The Morgan fingerprint density at radius 3 is 2.75 bits per heavy atom. The Balaban J connectivity index is 1.57. The highest BCUT2D eigenvalue weighted by molar-refractivity contribution is 5.99. The smallest absolute Gasteiger partial charge is 0.269 e. The van der Waals surface area contributed by atoms with Gasteiger partial charge in [-0.3, -0.25) is 19.2 Å². The van der Waals surface area contributed by atoms with E-state index in [1.54, 1.807) is 11.8 Å². The molecule has 0 fully saturated rings. The molecule has 1 aromatic carbocycles. The number of aryl methyl sites for hydroxylation is 2. The summed E-state index contributed by atoms with van der Waals surface area (Å²) in [6, 6.07) is 9.53. The fraction of sp³-hybridized carbons (Fsp3) is 0.333. The number of hydrogen-bond donors (Lipinski definition) is 1. The van der Waals surface area contributed by atoms with Gasteiger partial charge in [-0.05, 0) is 51.0 Å². The van der Waals surface area contributed by atoms with Gasteiger partial charge in [-0.2, -0.15) is 5.10 Å². The van der Waals surface area contributed by atoms with Crippen molar-refractivity contribution in [1.29, 1.82) is 0 Å². The second-order valence-corrected chi connectivity index (χ2v) is 8.35. The first-order chi connectivity index (χ1) is 15.3. The molecule has 2 aliphatic rings. The van der Waals surface area contributed by atoms with Crippen LogP contribution in [0.5, 0.6) is 5.75 Å². The van der Waals surface area contributed by atoms with Gasteiger partial charge in [-0.15, -0.1) is 0 Å².